The first-order chi connectivity index (χ1) is 40.0. The molecule has 30 heteroatoms. The first-order valence-electron chi connectivity index (χ1n) is 26.4. The second-order valence-electron chi connectivity index (χ2n) is 17.6. The number of rotatable bonds is 45. The van der Waals surface area contributed by atoms with Crippen molar-refractivity contribution >= 4 is 30.4 Å². The van der Waals surface area contributed by atoms with Crippen LogP contribution in [0.4, 0.5) is 13.2 Å². The lowest BCUT2D eigenvalue weighted by molar-refractivity contribution is -0.189. The van der Waals surface area contributed by atoms with Gasteiger partial charge in [-0.2, -0.15) is 23.7 Å². The van der Waals surface area contributed by atoms with Gasteiger partial charge in [-0.3, -0.25) is 31.9 Å². The fourth-order valence-corrected chi connectivity index (χ4v) is 12.1. The molecule has 1 saturated heterocycles. The molecule has 3 aromatic rings. The van der Waals surface area contributed by atoms with Gasteiger partial charge >= 0.3 is 36.5 Å². The smallest absolute Gasteiger partial charge is 0.497 e. The summed E-state index contributed by atoms with van der Waals surface area (Å²) in [6.45, 7) is -0.196. The van der Waals surface area contributed by atoms with E-state index in [4.69, 9.17) is 88.3 Å². The third-order valence-electron chi connectivity index (χ3n) is 12.3. The Morgan fingerprint density at radius 1 is 0.590 bits per heavy atom. The molecule has 5 atom stereocenters. The van der Waals surface area contributed by atoms with Crippen LogP contribution < -0.4 is 9.47 Å². The van der Waals surface area contributed by atoms with Crippen molar-refractivity contribution in [2.24, 2.45) is 0 Å². The lowest BCUT2D eigenvalue weighted by Crippen LogP contribution is -2.53. The third kappa shape index (κ3) is 23.4. The largest absolute Gasteiger partial charge is 0.500 e. The number of methoxy groups -OCH3 is 2. The van der Waals surface area contributed by atoms with Crippen LogP contribution in [0.15, 0.2) is 78.9 Å². The van der Waals surface area contributed by atoms with E-state index in [0.717, 1.165) is 7.05 Å². The van der Waals surface area contributed by atoms with Gasteiger partial charge in [0.15, 0.2) is 0 Å². The highest BCUT2D eigenvalue weighted by molar-refractivity contribution is 7.48. The third-order valence-corrected chi connectivity index (χ3v) is 18.1. The number of carbonyl (C=O) groups excluding carboxylic acids is 1. The van der Waals surface area contributed by atoms with Crippen molar-refractivity contribution < 1.29 is 110 Å². The van der Waals surface area contributed by atoms with E-state index in [1.54, 1.807) is 78.9 Å². The molecule has 4 rings (SSSR count). The summed E-state index contributed by atoms with van der Waals surface area (Å²) in [4.78, 5) is 13.4. The van der Waals surface area contributed by atoms with E-state index in [9.17, 15) is 32.4 Å². The Balaban J connectivity index is 1.24. The van der Waals surface area contributed by atoms with Crippen molar-refractivity contribution in [3.05, 3.63) is 95.6 Å². The molecule has 1 amide bonds. The second-order valence-corrected chi connectivity index (χ2v) is 24.0. The van der Waals surface area contributed by atoms with Gasteiger partial charge in [-0.25, -0.2) is 9.13 Å². The molecule has 1 aliphatic rings. The van der Waals surface area contributed by atoms with Gasteiger partial charge in [0.1, 0.15) is 29.3 Å². The molecule has 0 aromatic heterocycles. The number of likely N-dealkylation sites (N-methyl/N-ethyl adjacent to an activating group) is 1. The Labute approximate surface area is 483 Å². The molecule has 1 aliphatic heterocycles. The normalized spacial score (nSPS) is 17.1. The molecule has 0 aliphatic carbocycles. The molecule has 1 fully saturated rings. The molecule has 3 aromatic carbocycles. The summed E-state index contributed by atoms with van der Waals surface area (Å²) < 4.78 is 170. The van der Waals surface area contributed by atoms with E-state index >= 15 is 0 Å². The summed E-state index contributed by atoms with van der Waals surface area (Å²) in [6.07, 6.45) is -7.75. The zero-order valence-electron chi connectivity index (χ0n) is 47.5. The predicted molar refractivity (Wildman–Crippen MR) is 291 cm³/mol. The molecule has 0 N–H and O–H groups in total. The molecule has 0 bridgehead atoms. The van der Waals surface area contributed by atoms with Gasteiger partial charge in [0.05, 0.1) is 158 Å². The number of nitrogens with zero attached hydrogens (tertiary/aromatic N) is 3. The van der Waals surface area contributed by atoms with Gasteiger partial charge in [0.2, 0.25) is 0 Å². The highest BCUT2D eigenvalue weighted by Crippen LogP contribution is 2.52. The molecule has 0 spiro atoms. The number of amides is 1. The van der Waals surface area contributed by atoms with Crippen LogP contribution in [-0.4, -0.2) is 199 Å². The fourth-order valence-electron chi connectivity index (χ4n) is 8.09. The van der Waals surface area contributed by atoms with Crippen LogP contribution in [0.2, 0.25) is 6.04 Å². The average Bonchev–Trinajstić information content (AvgIpc) is 4.12. The van der Waals surface area contributed by atoms with Gasteiger partial charge in [0.25, 0.3) is 0 Å². The van der Waals surface area contributed by atoms with Gasteiger partial charge < -0.3 is 60.8 Å². The first-order valence-corrected chi connectivity index (χ1v) is 31.2. The number of halogens is 3. The molecular formula is C53H76F3N3O21P2Si. The van der Waals surface area contributed by atoms with Crippen LogP contribution in [0.1, 0.15) is 36.0 Å². The zero-order valence-corrected chi connectivity index (χ0v) is 50.3. The van der Waals surface area contributed by atoms with Crippen molar-refractivity contribution in [2.45, 2.75) is 55.3 Å². The number of alkyl halides is 3. The molecule has 24 nitrogen and oxygen atoms in total. The van der Waals surface area contributed by atoms with Crippen LogP contribution in [-0.2, 0) is 93.1 Å². The standard InChI is InChI=1S/C53H76F3N3O21P2Si/c1-59(51(60)53(54,55)56)48-41-73-49(50(48)80-52(43-13-8-7-9-14-43,44-15-19-46(63-2)20-16-44)45-17-21-47(64-3)22-18-45)42-79-82(62,75-26-11-24-58)78-39-37-72-35-33-70-31-29-68-28-30-69-32-34-71-36-38-77-81(61,74-25-10-23-57)76-27-12-40-83(65-4,66-5)67-6/h7-9,13-22,48-50H,10-12,25-42H2,1-6H3/t48-,49-,50-,81?,82?/m1/s1. The minimum Gasteiger partial charge on any atom is -0.497 e. The SMILES string of the molecule is COc1ccc(C(O[C@@H]2[C@H](N(C)C(=O)C(F)(F)F)CO[C@@H]2COP(=O)(OCCC#N)OCCOCCOCCOCCOCCOCCOP(=O)(OCCC#N)OCCC[Si](OC)(OC)OC)(c2ccccc2)c2ccc(OC)cc2)cc1. The topological polar surface area (TPSA) is 268 Å². The van der Waals surface area contributed by atoms with E-state index in [1.807, 2.05) is 12.1 Å². The minimum absolute atomic E-state index is 0.00483. The summed E-state index contributed by atoms with van der Waals surface area (Å²) in [5, 5.41) is 18.1. The van der Waals surface area contributed by atoms with E-state index in [0.29, 0.717) is 45.6 Å². The Bertz CT molecular complexity index is 2420. The molecule has 0 radical (unpaired) electrons. The maximum atomic E-state index is 14.1. The van der Waals surface area contributed by atoms with Crippen molar-refractivity contribution in [1.82, 2.24) is 4.90 Å². The Hall–Kier alpha value is -4.46. The number of carbonyl (C=O) groups is 1. The average molecular weight is 1240 g/mol. The van der Waals surface area contributed by atoms with Gasteiger partial charge in [-0.05, 0) is 47.4 Å². The van der Waals surface area contributed by atoms with Crippen LogP contribution in [0.5, 0.6) is 11.5 Å². The zero-order chi connectivity index (χ0) is 60.5. The predicted octanol–water partition coefficient (Wildman–Crippen LogP) is 7.66. The summed E-state index contributed by atoms with van der Waals surface area (Å²) in [5.74, 6) is -1.12. The molecule has 1 heterocycles. The maximum Gasteiger partial charge on any atom is 0.500 e. The summed E-state index contributed by atoms with van der Waals surface area (Å²) in [6, 6.07) is 25.5. The van der Waals surface area contributed by atoms with Gasteiger partial charge in [-0.1, -0.05) is 54.6 Å². The lowest BCUT2D eigenvalue weighted by atomic mass is 9.79. The number of nitriles is 2. The summed E-state index contributed by atoms with van der Waals surface area (Å²) in [7, 11) is -2.89. The van der Waals surface area contributed by atoms with Gasteiger partial charge in [-0.15, -0.1) is 0 Å². The van der Waals surface area contributed by atoms with Gasteiger partial charge in [0, 0.05) is 34.4 Å². The lowest BCUT2D eigenvalue weighted by Gasteiger charge is -2.41. The second kappa shape index (κ2) is 37.9. The van der Waals surface area contributed by atoms with Crippen molar-refractivity contribution in [3.8, 4) is 23.6 Å². The Morgan fingerprint density at radius 3 is 1.40 bits per heavy atom. The maximum absolute atomic E-state index is 14.1. The molecule has 83 heavy (non-hydrogen) atoms. The van der Waals surface area contributed by atoms with Crippen LogP contribution in [0.25, 0.3) is 0 Å². The van der Waals surface area contributed by atoms with Crippen LogP contribution >= 0.6 is 15.6 Å². The van der Waals surface area contributed by atoms with Crippen molar-refractivity contribution in [2.75, 3.05) is 155 Å². The van der Waals surface area contributed by atoms with E-state index in [-0.39, 0.29) is 112 Å². The number of hydrogen-bond donors (Lipinski definition) is 0. The molecule has 2 unspecified atom stereocenters. The molecular weight excluding hydrogens is 1160 g/mol. The van der Waals surface area contributed by atoms with Crippen LogP contribution in [0, 0.1) is 22.7 Å². The summed E-state index contributed by atoms with van der Waals surface area (Å²) >= 11 is 0. The number of phosphoric acid groups is 2. The fraction of sp³-hybridized carbons (Fsp3) is 0.604. The quantitative estimate of drug-likeness (QED) is 0.0227. The number of ether oxygens (including phenoxy) is 9. The van der Waals surface area contributed by atoms with Crippen LogP contribution in [0.3, 0.4) is 0 Å². The highest BCUT2D eigenvalue weighted by atomic mass is 31.2. The molecule has 0 saturated carbocycles. The summed E-state index contributed by atoms with van der Waals surface area (Å²) in [5.41, 5.74) is -0.00666. The molecule has 464 valence electrons. The first kappa shape index (κ1) is 71.0. The van der Waals surface area contributed by atoms with E-state index < -0.39 is 73.6 Å². The Morgan fingerprint density at radius 2 is 0.988 bits per heavy atom. The number of phosphoric ester groups is 2. The number of hydrogen-bond acceptors (Lipinski definition) is 23. The van der Waals surface area contributed by atoms with E-state index in [1.165, 1.54) is 35.5 Å². The number of benzene rings is 3. The minimum atomic E-state index is -5.25. The van der Waals surface area contributed by atoms with Crippen molar-refractivity contribution in [1.29, 1.82) is 10.5 Å². The highest BCUT2D eigenvalue weighted by Gasteiger charge is 2.53. The van der Waals surface area contributed by atoms with E-state index in [2.05, 4.69) is 0 Å². The Kier molecular flexibility index (Phi) is 32.4. The van der Waals surface area contributed by atoms with Crippen molar-refractivity contribution in [3.63, 3.8) is 0 Å². The monoisotopic (exact) mass is 1240 g/mol.